The number of anilines is 1. The molecule has 0 heterocycles. The maximum atomic E-state index is 14.1. The molecular weight excluding hydrogens is 628 g/mol. The maximum Gasteiger partial charge on any atom is 0.244 e. The summed E-state index contributed by atoms with van der Waals surface area (Å²) in [6.45, 7) is 4.89. The predicted octanol–water partition coefficient (Wildman–Crippen LogP) is 6.62. The second-order valence-corrected chi connectivity index (χ2v) is 14.1. The second kappa shape index (κ2) is 13.7. The zero-order valence-electron chi connectivity index (χ0n) is 23.0. The van der Waals surface area contributed by atoms with E-state index in [1.165, 1.54) is 23.1 Å². The average Bonchev–Trinajstić information content (AvgIpc) is 2.87. The fourth-order valence-electron chi connectivity index (χ4n) is 4.10. The first-order chi connectivity index (χ1) is 19.0. The minimum atomic E-state index is -3.95. The number of nitrogens with zero attached hydrogens (tertiary/aromatic N) is 2. The Labute approximate surface area is 261 Å². The average molecular weight is 659 g/mol. The largest absolute Gasteiger partial charge is 0.350 e. The number of benzene rings is 3. The van der Waals surface area contributed by atoms with E-state index in [9.17, 15) is 18.0 Å². The number of hydrogen-bond donors (Lipinski definition) is 1. The van der Waals surface area contributed by atoms with Gasteiger partial charge in [0.2, 0.25) is 21.8 Å². The molecule has 0 spiro atoms. The molecule has 1 unspecified atom stereocenters. The van der Waals surface area contributed by atoms with E-state index in [2.05, 4.69) is 5.32 Å². The lowest BCUT2D eigenvalue weighted by Crippen LogP contribution is -2.56. The van der Waals surface area contributed by atoms with Crippen molar-refractivity contribution < 1.29 is 18.0 Å². The van der Waals surface area contributed by atoms with Crippen LogP contribution in [0.3, 0.4) is 0 Å². The predicted molar refractivity (Wildman–Crippen MR) is 167 cm³/mol. The second-order valence-electron chi connectivity index (χ2n) is 10.6. The van der Waals surface area contributed by atoms with Crippen molar-refractivity contribution in [2.75, 3.05) is 17.1 Å². The lowest BCUT2D eigenvalue weighted by Gasteiger charge is -2.35. The SMILES string of the molecule is CC(C)(C)NC(=O)C(Cc1ccccc1)N(Cc1ccc(Cl)c(Cl)c1)C(=O)CN(c1ccc(Cl)c(Cl)c1)S(C)(=O)=O. The van der Waals surface area contributed by atoms with E-state index >= 15 is 0 Å². The molecule has 0 saturated heterocycles. The zero-order valence-corrected chi connectivity index (χ0v) is 26.8. The first-order valence-corrected chi connectivity index (χ1v) is 15.9. The molecule has 2 amide bonds. The lowest BCUT2D eigenvalue weighted by molar-refractivity contribution is -0.140. The van der Waals surface area contributed by atoms with Crippen molar-refractivity contribution in [3.63, 3.8) is 0 Å². The van der Waals surface area contributed by atoms with Crippen molar-refractivity contribution in [3.05, 3.63) is 97.9 Å². The highest BCUT2D eigenvalue weighted by Gasteiger charge is 2.34. The summed E-state index contributed by atoms with van der Waals surface area (Å²) in [5, 5.41) is 3.95. The Bertz CT molecular complexity index is 1510. The molecular formula is C29H31Cl4N3O4S. The molecule has 0 aliphatic heterocycles. The van der Waals surface area contributed by atoms with Crippen LogP contribution in [0.4, 0.5) is 5.69 Å². The number of amides is 2. The van der Waals surface area contributed by atoms with Crippen molar-refractivity contribution in [2.45, 2.75) is 45.3 Å². The van der Waals surface area contributed by atoms with E-state index < -0.39 is 40.0 Å². The number of halogens is 4. The summed E-state index contributed by atoms with van der Waals surface area (Å²) in [6.07, 6.45) is 1.17. The molecule has 1 N–H and O–H groups in total. The zero-order chi connectivity index (χ0) is 30.5. The number of hydrogen-bond acceptors (Lipinski definition) is 4. The van der Waals surface area contributed by atoms with Crippen LogP contribution in [0.15, 0.2) is 66.7 Å². The molecule has 12 heteroatoms. The van der Waals surface area contributed by atoms with Crippen LogP contribution in [0.2, 0.25) is 20.1 Å². The number of rotatable bonds is 10. The van der Waals surface area contributed by atoms with E-state index in [4.69, 9.17) is 46.4 Å². The van der Waals surface area contributed by atoms with Crippen LogP contribution in [0.5, 0.6) is 0 Å². The maximum absolute atomic E-state index is 14.1. The molecule has 7 nitrogen and oxygen atoms in total. The monoisotopic (exact) mass is 657 g/mol. The first-order valence-electron chi connectivity index (χ1n) is 12.6. The summed E-state index contributed by atoms with van der Waals surface area (Å²) in [5.74, 6) is -1.01. The van der Waals surface area contributed by atoms with Gasteiger partial charge in [0, 0.05) is 18.5 Å². The van der Waals surface area contributed by atoms with Gasteiger partial charge in [-0.15, -0.1) is 0 Å². The van der Waals surface area contributed by atoms with Crippen LogP contribution in [0.25, 0.3) is 0 Å². The molecule has 0 aromatic heterocycles. The third kappa shape index (κ3) is 9.51. The summed E-state index contributed by atoms with van der Waals surface area (Å²) < 4.78 is 26.7. The van der Waals surface area contributed by atoms with E-state index in [1.54, 1.807) is 18.2 Å². The van der Waals surface area contributed by atoms with Gasteiger partial charge in [-0.05, 0) is 62.2 Å². The summed E-state index contributed by atoms with van der Waals surface area (Å²) in [6, 6.07) is 17.4. The van der Waals surface area contributed by atoms with Gasteiger partial charge < -0.3 is 10.2 Å². The fourth-order valence-corrected chi connectivity index (χ4v) is 5.55. The Morgan fingerprint density at radius 1 is 0.829 bits per heavy atom. The highest BCUT2D eigenvalue weighted by Crippen LogP contribution is 2.29. The first kappa shape index (κ1) is 33.0. The molecule has 220 valence electrons. The number of carbonyl (C=O) groups excluding carboxylic acids is 2. The molecule has 41 heavy (non-hydrogen) atoms. The minimum Gasteiger partial charge on any atom is -0.350 e. The van der Waals surface area contributed by atoms with Crippen LogP contribution in [0, 0.1) is 0 Å². The van der Waals surface area contributed by atoms with Gasteiger partial charge in [-0.2, -0.15) is 0 Å². The van der Waals surface area contributed by atoms with E-state index in [1.807, 2.05) is 51.1 Å². The van der Waals surface area contributed by atoms with E-state index in [0.29, 0.717) is 10.6 Å². The minimum absolute atomic E-state index is 0.0379. The van der Waals surface area contributed by atoms with Gasteiger partial charge in [0.15, 0.2) is 0 Å². The van der Waals surface area contributed by atoms with Crippen molar-refractivity contribution in [1.82, 2.24) is 10.2 Å². The Morgan fingerprint density at radius 2 is 1.41 bits per heavy atom. The third-order valence-corrected chi connectivity index (χ3v) is 8.60. The van der Waals surface area contributed by atoms with Gasteiger partial charge in [0.05, 0.1) is 32.0 Å². The third-order valence-electron chi connectivity index (χ3n) is 5.98. The summed E-state index contributed by atoms with van der Waals surface area (Å²) in [5.41, 5.74) is 0.986. The molecule has 0 aliphatic rings. The molecule has 0 saturated carbocycles. The molecule has 1 atom stereocenters. The highest BCUT2D eigenvalue weighted by atomic mass is 35.5. The van der Waals surface area contributed by atoms with Crippen molar-refractivity contribution in [2.24, 2.45) is 0 Å². The van der Waals surface area contributed by atoms with Gasteiger partial charge in [0.1, 0.15) is 12.6 Å². The van der Waals surface area contributed by atoms with Crippen LogP contribution in [0.1, 0.15) is 31.9 Å². The normalized spacial score (nSPS) is 12.5. The van der Waals surface area contributed by atoms with Crippen LogP contribution < -0.4 is 9.62 Å². The van der Waals surface area contributed by atoms with Gasteiger partial charge >= 0.3 is 0 Å². The smallest absolute Gasteiger partial charge is 0.244 e. The molecule has 3 aromatic carbocycles. The van der Waals surface area contributed by atoms with Gasteiger partial charge in [-0.25, -0.2) is 8.42 Å². The van der Waals surface area contributed by atoms with E-state index in [-0.39, 0.29) is 33.7 Å². The van der Waals surface area contributed by atoms with Gasteiger partial charge in [-0.3, -0.25) is 13.9 Å². The Hall–Kier alpha value is -2.49. The number of nitrogens with one attached hydrogen (secondary N) is 1. The molecule has 0 bridgehead atoms. The molecule has 0 radical (unpaired) electrons. The fraction of sp³-hybridized carbons (Fsp3) is 0.310. The van der Waals surface area contributed by atoms with E-state index in [0.717, 1.165) is 16.1 Å². The van der Waals surface area contributed by atoms with Crippen LogP contribution in [-0.4, -0.2) is 49.5 Å². The van der Waals surface area contributed by atoms with Crippen molar-refractivity contribution >= 4 is 73.9 Å². The van der Waals surface area contributed by atoms with Crippen LogP contribution >= 0.6 is 46.4 Å². The van der Waals surface area contributed by atoms with Crippen molar-refractivity contribution in [3.8, 4) is 0 Å². The number of carbonyl (C=O) groups is 2. The Balaban J connectivity index is 2.10. The van der Waals surface area contributed by atoms with Crippen molar-refractivity contribution in [1.29, 1.82) is 0 Å². The highest BCUT2D eigenvalue weighted by molar-refractivity contribution is 7.92. The summed E-state index contributed by atoms with van der Waals surface area (Å²) in [4.78, 5) is 29.2. The van der Waals surface area contributed by atoms with Crippen LogP contribution in [-0.2, 0) is 32.6 Å². The standard InChI is InChI=1S/C29H31Cl4N3O4S/c1-29(2,3)34-28(38)26(15-19-8-6-5-7-9-19)35(17-20-10-12-22(30)24(32)14-20)27(37)18-36(41(4,39)40)21-11-13-23(31)25(33)16-21/h5-14,16,26H,15,17-18H2,1-4H3,(H,34,38). The summed E-state index contributed by atoms with van der Waals surface area (Å²) in [7, 11) is -3.95. The summed E-state index contributed by atoms with van der Waals surface area (Å²) >= 11 is 24.6. The molecule has 3 rings (SSSR count). The Kier molecular flexibility index (Phi) is 11.0. The quantitative estimate of drug-likeness (QED) is 0.265. The number of sulfonamides is 1. The Morgan fingerprint density at radius 3 is 1.95 bits per heavy atom. The van der Waals surface area contributed by atoms with Gasteiger partial charge in [0.25, 0.3) is 0 Å². The lowest BCUT2D eigenvalue weighted by atomic mass is 10.0. The molecule has 0 aliphatic carbocycles. The molecule has 3 aromatic rings. The topological polar surface area (TPSA) is 86.8 Å². The van der Waals surface area contributed by atoms with Gasteiger partial charge in [-0.1, -0.05) is 82.8 Å². The molecule has 0 fully saturated rings.